The third-order valence-corrected chi connectivity index (χ3v) is 2.28. The quantitative estimate of drug-likeness (QED) is 0.816. The molecule has 16 heavy (non-hydrogen) atoms. The smallest absolute Gasteiger partial charge is 0.223 e. The fourth-order valence-corrected chi connectivity index (χ4v) is 1.45. The molecule has 2 aromatic heterocycles. The summed E-state index contributed by atoms with van der Waals surface area (Å²) in [6.07, 6.45) is 2.63. The summed E-state index contributed by atoms with van der Waals surface area (Å²) in [7, 11) is 1.65. The Kier molecular flexibility index (Phi) is 2.96. The van der Waals surface area contributed by atoms with Gasteiger partial charge in [-0.3, -0.25) is 0 Å². The summed E-state index contributed by atoms with van der Waals surface area (Å²) >= 11 is 5.87. The molecule has 0 aliphatic carbocycles. The van der Waals surface area contributed by atoms with Crippen LogP contribution in [0.4, 0.5) is 10.3 Å². The van der Waals surface area contributed by atoms with E-state index in [0.29, 0.717) is 11.5 Å². The van der Waals surface area contributed by atoms with Crippen LogP contribution in [0.15, 0.2) is 24.5 Å². The minimum Gasteiger partial charge on any atom is -0.357 e. The van der Waals surface area contributed by atoms with Crippen molar-refractivity contribution in [1.29, 1.82) is 0 Å². The molecular weight excluding hydrogens is 231 g/mol. The highest BCUT2D eigenvalue weighted by Crippen LogP contribution is 2.26. The van der Waals surface area contributed by atoms with E-state index in [9.17, 15) is 4.39 Å². The lowest BCUT2D eigenvalue weighted by Crippen LogP contribution is -2.00. The number of hydrogen-bond acceptors (Lipinski definition) is 4. The maximum atomic E-state index is 13.5. The summed E-state index contributed by atoms with van der Waals surface area (Å²) in [6, 6.07) is 3.32. The van der Waals surface area contributed by atoms with Gasteiger partial charge in [0.25, 0.3) is 0 Å². The molecule has 0 fully saturated rings. The van der Waals surface area contributed by atoms with Gasteiger partial charge in [-0.15, -0.1) is 0 Å². The number of hydrogen-bond donors (Lipinski definition) is 1. The second kappa shape index (κ2) is 4.40. The molecule has 0 aromatic carbocycles. The number of halogens is 2. The van der Waals surface area contributed by atoms with Crippen molar-refractivity contribution in [2.45, 2.75) is 0 Å². The standard InChI is InChI=1S/C10H8ClFN4/c1-13-10-15-5-7(12)8(16-10)6-3-2-4-14-9(6)11/h2-5H,1H3,(H,13,15,16). The molecule has 4 nitrogen and oxygen atoms in total. The molecule has 0 aliphatic rings. The highest BCUT2D eigenvalue weighted by Gasteiger charge is 2.12. The first-order valence-corrected chi connectivity index (χ1v) is 4.91. The van der Waals surface area contributed by atoms with Crippen molar-refractivity contribution in [3.63, 3.8) is 0 Å². The normalized spacial score (nSPS) is 10.2. The largest absolute Gasteiger partial charge is 0.357 e. The van der Waals surface area contributed by atoms with Crippen LogP contribution in [0.5, 0.6) is 0 Å². The van der Waals surface area contributed by atoms with E-state index in [1.807, 2.05) is 0 Å². The maximum Gasteiger partial charge on any atom is 0.223 e. The van der Waals surface area contributed by atoms with Gasteiger partial charge in [-0.05, 0) is 12.1 Å². The Morgan fingerprint density at radius 3 is 2.88 bits per heavy atom. The van der Waals surface area contributed by atoms with E-state index in [4.69, 9.17) is 11.6 Å². The van der Waals surface area contributed by atoms with E-state index < -0.39 is 5.82 Å². The number of nitrogens with one attached hydrogen (secondary N) is 1. The van der Waals surface area contributed by atoms with Gasteiger partial charge >= 0.3 is 0 Å². The molecule has 0 spiro atoms. The summed E-state index contributed by atoms with van der Waals surface area (Å²) in [5.74, 6) is -0.204. The molecule has 0 saturated heterocycles. The van der Waals surface area contributed by atoms with Crippen LogP contribution < -0.4 is 5.32 Å². The van der Waals surface area contributed by atoms with Gasteiger partial charge in [-0.2, -0.15) is 0 Å². The van der Waals surface area contributed by atoms with Crippen molar-refractivity contribution < 1.29 is 4.39 Å². The van der Waals surface area contributed by atoms with Gasteiger partial charge in [0.1, 0.15) is 10.8 Å². The molecule has 0 aliphatic heterocycles. The van der Waals surface area contributed by atoms with Crippen LogP contribution in [-0.4, -0.2) is 22.0 Å². The summed E-state index contributed by atoms with van der Waals surface area (Å²) in [4.78, 5) is 11.6. The van der Waals surface area contributed by atoms with Crippen molar-refractivity contribution in [2.75, 3.05) is 12.4 Å². The van der Waals surface area contributed by atoms with Crippen LogP contribution in [0.1, 0.15) is 0 Å². The van der Waals surface area contributed by atoms with Crippen molar-refractivity contribution in [2.24, 2.45) is 0 Å². The predicted molar refractivity (Wildman–Crippen MR) is 59.8 cm³/mol. The minimum atomic E-state index is -0.533. The van der Waals surface area contributed by atoms with Gasteiger partial charge in [-0.25, -0.2) is 19.3 Å². The average Bonchev–Trinajstić information content (AvgIpc) is 2.31. The zero-order valence-corrected chi connectivity index (χ0v) is 9.16. The van der Waals surface area contributed by atoms with E-state index in [0.717, 1.165) is 6.20 Å². The summed E-state index contributed by atoms with van der Waals surface area (Å²) in [5.41, 5.74) is 0.581. The Balaban J connectivity index is 2.59. The molecule has 2 heterocycles. The Hall–Kier alpha value is -1.75. The van der Waals surface area contributed by atoms with Gasteiger partial charge < -0.3 is 5.32 Å². The lowest BCUT2D eigenvalue weighted by atomic mass is 10.2. The number of anilines is 1. The molecule has 0 saturated carbocycles. The van der Waals surface area contributed by atoms with Crippen LogP contribution in [0.2, 0.25) is 5.15 Å². The first-order chi connectivity index (χ1) is 7.72. The molecule has 0 amide bonds. The fourth-order valence-electron chi connectivity index (χ4n) is 1.24. The third-order valence-electron chi connectivity index (χ3n) is 1.98. The van der Waals surface area contributed by atoms with E-state index in [-0.39, 0.29) is 10.8 Å². The van der Waals surface area contributed by atoms with Crippen molar-refractivity contribution in [3.05, 3.63) is 35.5 Å². The number of rotatable bonds is 2. The Morgan fingerprint density at radius 1 is 1.38 bits per heavy atom. The molecule has 0 atom stereocenters. The van der Waals surface area contributed by atoms with Crippen LogP contribution in [-0.2, 0) is 0 Å². The molecule has 82 valence electrons. The van der Waals surface area contributed by atoms with E-state index in [2.05, 4.69) is 20.3 Å². The molecule has 2 rings (SSSR count). The molecular formula is C10H8ClFN4. The molecule has 0 unspecified atom stereocenters. The van der Waals surface area contributed by atoms with Crippen LogP contribution in [0, 0.1) is 5.82 Å². The van der Waals surface area contributed by atoms with Gasteiger partial charge in [0, 0.05) is 18.8 Å². The first kappa shape index (κ1) is 10.8. The summed E-state index contributed by atoms with van der Waals surface area (Å²) < 4.78 is 13.5. The highest BCUT2D eigenvalue weighted by atomic mass is 35.5. The minimum absolute atomic E-state index is 0.137. The Labute approximate surface area is 96.5 Å². The van der Waals surface area contributed by atoms with Crippen LogP contribution in [0.3, 0.4) is 0 Å². The van der Waals surface area contributed by atoms with Gasteiger partial charge in [0.15, 0.2) is 5.82 Å². The average molecular weight is 239 g/mol. The third kappa shape index (κ3) is 1.94. The molecule has 6 heteroatoms. The van der Waals surface area contributed by atoms with Gasteiger partial charge in [0.2, 0.25) is 5.95 Å². The molecule has 0 radical (unpaired) electrons. The highest BCUT2D eigenvalue weighted by molar-refractivity contribution is 6.32. The Morgan fingerprint density at radius 2 is 2.19 bits per heavy atom. The molecule has 0 bridgehead atoms. The van der Waals surface area contributed by atoms with Gasteiger partial charge in [-0.1, -0.05) is 11.6 Å². The summed E-state index contributed by atoms with van der Waals surface area (Å²) in [5, 5.41) is 2.94. The SMILES string of the molecule is CNc1ncc(F)c(-c2cccnc2Cl)n1. The van der Waals surface area contributed by atoms with E-state index >= 15 is 0 Å². The van der Waals surface area contributed by atoms with Crippen LogP contribution in [0.25, 0.3) is 11.3 Å². The number of pyridine rings is 1. The summed E-state index contributed by atoms with van der Waals surface area (Å²) in [6.45, 7) is 0. The van der Waals surface area contributed by atoms with E-state index in [1.54, 1.807) is 19.2 Å². The number of nitrogens with zero attached hydrogens (tertiary/aromatic N) is 3. The fraction of sp³-hybridized carbons (Fsp3) is 0.100. The zero-order chi connectivity index (χ0) is 11.5. The molecule has 2 aromatic rings. The topological polar surface area (TPSA) is 50.7 Å². The van der Waals surface area contributed by atoms with Crippen LogP contribution >= 0.6 is 11.6 Å². The second-order valence-electron chi connectivity index (χ2n) is 2.98. The van der Waals surface area contributed by atoms with Gasteiger partial charge in [0.05, 0.1) is 6.20 Å². The lowest BCUT2D eigenvalue weighted by molar-refractivity contribution is 0.618. The lowest BCUT2D eigenvalue weighted by Gasteiger charge is -2.05. The second-order valence-corrected chi connectivity index (χ2v) is 3.34. The maximum absolute atomic E-state index is 13.5. The zero-order valence-electron chi connectivity index (χ0n) is 8.41. The number of aromatic nitrogens is 3. The van der Waals surface area contributed by atoms with Crippen molar-refractivity contribution in [3.8, 4) is 11.3 Å². The first-order valence-electron chi connectivity index (χ1n) is 4.53. The monoisotopic (exact) mass is 238 g/mol. The van der Waals surface area contributed by atoms with Crippen molar-refractivity contribution in [1.82, 2.24) is 15.0 Å². The van der Waals surface area contributed by atoms with E-state index in [1.165, 1.54) is 6.20 Å². The van der Waals surface area contributed by atoms with Crippen molar-refractivity contribution >= 4 is 17.5 Å². The predicted octanol–water partition coefficient (Wildman–Crippen LogP) is 2.37. The Bertz CT molecular complexity index is 518. The molecule has 1 N–H and O–H groups in total.